The summed E-state index contributed by atoms with van der Waals surface area (Å²) in [5.41, 5.74) is 0. The molecule has 4 heteroatoms. The highest BCUT2D eigenvalue weighted by Crippen LogP contribution is 2.22. The Bertz CT molecular complexity index is 249. The molecular weight excluding hydrogens is 256 g/mol. The van der Waals surface area contributed by atoms with Gasteiger partial charge in [-0.15, -0.1) is 0 Å². The van der Waals surface area contributed by atoms with Gasteiger partial charge in [0, 0.05) is 6.61 Å². The van der Waals surface area contributed by atoms with Gasteiger partial charge in [0.25, 0.3) is 5.79 Å². The topological polar surface area (TPSA) is 44.8 Å². The molecule has 0 bridgehead atoms. The van der Waals surface area contributed by atoms with Crippen molar-refractivity contribution < 1.29 is 19.0 Å². The summed E-state index contributed by atoms with van der Waals surface area (Å²) >= 11 is 0. The summed E-state index contributed by atoms with van der Waals surface area (Å²) in [5, 5.41) is 0. The summed E-state index contributed by atoms with van der Waals surface area (Å²) in [6.45, 7) is 15.6. The highest BCUT2D eigenvalue weighted by atomic mass is 16.7. The van der Waals surface area contributed by atoms with Gasteiger partial charge in [0.15, 0.2) is 6.29 Å². The molecule has 0 aliphatic rings. The minimum absolute atomic E-state index is 0.328. The first-order valence-electron chi connectivity index (χ1n) is 7.59. The lowest BCUT2D eigenvalue weighted by atomic mass is 10.1. The van der Waals surface area contributed by atoms with E-state index in [1.165, 1.54) is 0 Å². The van der Waals surface area contributed by atoms with Crippen LogP contribution in [0.3, 0.4) is 0 Å². The average Bonchev–Trinajstić information content (AvgIpc) is 2.36. The molecule has 0 amide bonds. The van der Waals surface area contributed by atoms with Gasteiger partial charge >= 0.3 is 0 Å². The number of carbonyl (C=O) groups excluding carboxylic acids is 1. The van der Waals surface area contributed by atoms with E-state index in [1.54, 1.807) is 0 Å². The molecule has 0 saturated carbocycles. The Hall–Kier alpha value is -0.450. The minimum atomic E-state index is -1.30. The van der Waals surface area contributed by atoms with Gasteiger partial charge in [0.05, 0.1) is 13.2 Å². The summed E-state index contributed by atoms with van der Waals surface area (Å²) in [7, 11) is 0. The van der Waals surface area contributed by atoms with Crippen LogP contribution in [-0.4, -0.2) is 38.0 Å². The lowest BCUT2D eigenvalue weighted by Gasteiger charge is -2.35. The second-order valence-corrected chi connectivity index (χ2v) is 6.62. The van der Waals surface area contributed by atoms with Gasteiger partial charge in [0.1, 0.15) is 6.10 Å². The Morgan fingerprint density at radius 3 is 1.50 bits per heavy atom. The van der Waals surface area contributed by atoms with E-state index < -0.39 is 11.9 Å². The maximum atomic E-state index is 11.6. The van der Waals surface area contributed by atoms with Crippen molar-refractivity contribution in [2.45, 2.75) is 60.4 Å². The van der Waals surface area contributed by atoms with E-state index in [1.807, 2.05) is 34.6 Å². The second kappa shape index (κ2) is 9.48. The van der Waals surface area contributed by atoms with Crippen molar-refractivity contribution in [3.63, 3.8) is 0 Å². The van der Waals surface area contributed by atoms with Crippen LogP contribution in [0.1, 0.15) is 48.5 Å². The highest BCUT2D eigenvalue weighted by molar-refractivity contribution is 5.61. The highest BCUT2D eigenvalue weighted by Gasteiger charge is 2.40. The molecule has 0 aliphatic carbocycles. The van der Waals surface area contributed by atoms with Crippen LogP contribution in [0.15, 0.2) is 0 Å². The molecule has 0 saturated heterocycles. The van der Waals surface area contributed by atoms with Crippen molar-refractivity contribution in [2.24, 2.45) is 17.8 Å². The monoisotopic (exact) mass is 288 g/mol. The Morgan fingerprint density at radius 2 is 1.20 bits per heavy atom. The van der Waals surface area contributed by atoms with E-state index in [0.29, 0.717) is 37.6 Å². The van der Waals surface area contributed by atoms with Gasteiger partial charge in [0.2, 0.25) is 0 Å². The standard InChI is InChI=1S/C16H32O4/c1-12(2)8-18-15(7)16(11-17,19-9-13(3)4)20-10-14(5)6/h11-15H,8-10H2,1-7H3. The summed E-state index contributed by atoms with van der Waals surface area (Å²) in [4.78, 5) is 11.6. The summed E-state index contributed by atoms with van der Waals surface area (Å²) in [5.74, 6) is -0.246. The lowest BCUT2D eigenvalue weighted by Crippen LogP contribution is -2.50. The van der Waals surface area contributed by atoms with Crippen molar-refractivity contribution in [3.05, 3.63) is 0 Å². The second-order valence-electron chi connectivity index (χ2n) is 6.62. The van der Waals surface area contributed by atoms with E-state index in [2.05, 4.69) is 13.8 Å². The first-order valence-corrected chi connectivity index (χ1v) is 7.59. The molecule has 0 aliphatic heterocycles. The van der Waals surface area contributed by atoms with Gasteiger partial charge in [-0.1, -0.05) is 41.5 Å². The van der Waals surface area contributed by atoms with Gasteiger partial charge < -0.3 is 14.2 Å². The number of hydrogen-bond donors (Lipinski definition) is 0. The molecule has 0 N–H and O–H groups in total. The van der Waals surface area contributed by atoms with Crippen molar-refractivity contribution in [2.75, 3.05) is 19.8 Å². The largest absolute Gasteiger partial charge is 0.372 e. The third-order valence-electron chi connectivity index (χ3n) is 2.69. The smallest absolute Gasteiger partial charge is 0.252 e. The van der Waals surface area contributed by atoms with Crippen LogP contribution in [0.25, 0.3) is 0 Å². The van der Waals surface area contributed by atoms with E-state index in [-0.39, 0.29) is 0 Å². The Morgan fingerprint density at radius 1 is 0.800 bits per heavy atom. The maximum Gasteiger partial charge on any atom is 0.252 e. The van der Waals surface area contributed by atoms with Crippen LogP contribution >= 0.6 is 0 Å². The first-order chi connectivity index (χ1) is 9.23. The van der Waals surface area contributed by atoms with Crippen LogP contribution < -0.4 is 0 Å². The number of ether oxygens (including phenoxy) is 3. The predicted octanol–water partition coefficient (Wildman–Crippen LogP) is 3.29. The molecule has 4 nitrogen and oxygen atoms in total. The lowest BCUT2D eigenvalue weighted by molar-refractivity contribution is -0.270. The van der Waals surface area contributed by atoms with Crippen molar-refractivity contribution in [1.29, 1.82) is 0 Å². The number of hydrogen-bond acceptors (Lipinski definition) is 4. The molecule has 0 rings (SSSR count). The quantitative estimate of drug-likeness (QED) is 0.432. The molecule has 0 heterocycles. The van der Waals surface area contributed by atoms with Crippen LogP contribution in [0.4, 0.5) is 0 Å². The van der Waals surface area contributed by atoms with Crippen molar-refractivity contribution in [1.82, 2.24) is 0 Å². The third kappa shape index (κ3) is 7.36. The van der Waals surface area contributed by atoms with Gasteiger partial charge in [-0.25, -0.2) is 0 Å². The summed E-state index contributed by atoms with van der Waals surface area (Å²) < 4.78 is 17.3. The molecule has 0 aromatic heterocycles. The Kier molecular flexibility index (Phi) is 9.27. The van der Waals surface area contributed by atoms with Crippen LogP contribution in [0.2, 0.25) is 0 Å². The van der Waals surface area contributed by atoms with Gasteiger partial charge in [-0.05, 0) is 24.7 Å². The molecule has 0 spiro atoms. The summed E-state index contributed by atoms with van der Waals surface area (Å²) in [6.07, 6.45) is 0.308. The zero-order chi connectivity index (χ0) is 15.8. The van der Waals surface area contributed by atoms with Crippen molar-refractivity contribution in [3.8, 4) is 0 Å². The molecule has 1 unspecified atom stereocenters. The van der Waals surface area contributed by atoms with Crippen LogP contribution in [0.5, 0.6) is 0 Å². The Labute approximate surface area is 124 Å². The van der Waals surface area contributed by atoms with E-state index in [0.717, 1.165) is 6.29 Å². The first kappa shape index (κ1) is 19.6. The van der Waals surface area contributed by atoms with E-state index in [9.17, 15) is 4.79 Å². The molecule has 0 radical (unpaired) electrons. The molecule has 0 aromatic carbocycles. The van der Waals surface area contributed by atoms with Gasteiger partial charge in [-0.2, -0.15) is 0 Å². The van der Waals surface area contributed by atoms with Crippen LogP contribution in [0, 0.1) is 17.8 Å². The zero-order valence-electron chi connectivity index (χ0n) is 14.1. The fraction of sp³-hybridized carbons (Fsp3) is 0.938. The molecule has 0 aromatic rings. The number of aldehydes is 1. The zero-order valence-corrected chi connectivity index (χ0v) is 14.1. The molecule has 0 fully saturated rings. The van der Waals surface area contributed by atoms with E-state index >= 15 is 0 Å². The minimum Gasteiger partial charge on any atom is -0.372 e. The van der Waals surface area contributed by atoms with Crippen molar-refractivity contribution >= 4 is 6.29 Å². The van der Waals surface area contributed by atoms with Gasteiger partial charge in [-0.3, -0.25) is 4.79 Å². The fourth-order valence-corrected chi connectivity index (χ4v) is 1.49. The SMILES string of the molecule is CC(C)COC(C)C(C=O)(OCC(C)C)OCC(C)C. The van der Waals surface area contributed by atoms with Crippen LogP contribution in [-0.2, 0) is 19.0 Å². The van der Waals surface area contributed by atoms with E-state index in [4.69, 9.17) is 14.2 Å². The molecular formula is C16H32O4. The predicted molar refractivity (Wildman–Crippen MR) is 80.6 cm³/mol. The number of carbonyl (C=O) groups is 1. The normalized spacial score (nSPS) is 14.3. The molecule has 20 heavy (non-hydrogen) atoms. The third-order valence-corrected chi connectivity index (χ3v) is 2.69. The number of rotatable bonds is 11. The fourth-order valence-electron chi connectivity index (χ4n) is 1.49. The molecule has 120 valence electrons. The maximum absolute atomic E-state index is 11.6. The Balaban J connectivity index is 4.82. The molecule has 1 atom stereocenters. The summed E-state index contributed by atoms with van der Waals surface area (Å²) in [6, 6.07) is 0. The average molecular weight is 288 g/mol.